The second kappa shape index (κ2) is 9.94. The second-order valence-electron chi connectivity index (χ2n) is 8.84. The highest BCUT2D eigenvalue weighted by Gasteiger charge is 2.44. The van der Waals surface area contributed by atoms with E-state index < -0.39 is 10.0 Å². The molecule has 4 N–H and O–H groups in total. The van der Waals surface area contributed by atoms with Crippen LogP contribution in [0.1, 0.15) is 44.9 Å². The molecule has 0 saturated heterocycles. The van der Waals surface area contributed by atoms with E-state index in [4.69, 9.17) is 10.3 Å². The first-order valence-corrected chi connectivity index (χ1v) is 12.8. The first-order chi connectivity index (χ1) is 16.3. The lowest BCUT2D eigenvalue weighted by molar-refractivity contribution is -0.120. The first kappa shape index (κ1) is 23.9. The van der Waals surface area contributed by atoms with Gasteiger partial charge in [0.2, 0.25) is 17.6 Å². The summed E-state index contributed by atoms with van der Waals surface area (Å²) in [6, 6.07) is 13.0. The zero-order valence-electron chi connectivity index (χ0n) is 19.1. The fourth-order valence-corrected chi connectivity index (χ4v) is 4.54. The molecule has 2 aromatic carbocycles. The van der Waals surface area contributed by atoms with Gasteiger partial charge in [-0.3, -0.25) is 9.52 Å². The molecule has 1 aliphatic carbocycles. The Balaban J connectivity index is 1.45. The molecule has 0 spiro atoms. The van der Waals surface area contributed by atoms with Crippen LogP contribution in [0.15, 0.2) is 57.9 Å². The largest absolute Gasteiger partial charge is 0.339 e. The Bertz CT molecular complexity index is 1270. The van der Waals surface area contributed by atoms with Crippen molar-refractivity contribution in [3.63, 3.8) is 0 Å². The van der Waals surface area contributed by atoms with Gasteiger partial charge in [-0.05, 0) is 62.6 Å². The Morgan fingerprint density at radius 1 is 1.09 bits per heavy atom. The number of amides is 1. The lowest BCUT2D eigenvalue weighted by atomic mass is 10.1. The van der Waals surface area contributed by atoms with Crippen LogP contribution in [-0.2, 0) is 21.2 Å². The smallest absolute Gasteiger partial charge is 0.261 e. The number of hydrogen-bond acceptors (Lipinski definition) is 7. The van der Waals surface area contributed by atoms with E-state index in [9.17, 15) is 13.2 Å². The van der Waals surface area contributed by atoms with Gasteiger partial charge in [0.25, 0.3) is 10.0 Å². The Morgan fingerprint density at radius 3 is 2.62 bits per heavy atom. The van der Waals surface area contributed by atoms with Crippen molar-refractivity contribution in [2.24, 2.45) is 11.1 Å². The highest BCUT2D eigenvalue weighted by Crippen LogP contribution is 2.45. The monoisotopic (exact) mass is 483 g/mol. The number of unbranched alkanes of at least 4 members (excludes halogenated alkanes) is 2. The number of nitrogens with two attached hydrogens (primary N) is 1. The number of rotatable bonds is 11. The minimum absolute atomic E-state index is 0.0564. The third-order valence-corrected chi connectivity index (χ3v) is 7.27. The summed E-state index contributed by atoms with van der Waals surface area (Å²) in [4.78, 5) is 16.8. The van der Waals surface area contributed by atoms with Crippen LogP contribution in [0.5, 0.6) is 0 Å². The number of benzene rings is 2. The Labute approximate surface area is 199 Å². The quantitative estimate of drug-likeness (QED) is 0.351. The van der Waals surface area contributed by atoms with Gasteiger partial charge in [0.15, 0.2) is 0 Å². The van der Waals surface area contributed by atoms with E-state index in [0.717, 1.165) is 32.1 Å². The number of carbonyl (C=O) groups is 1. The molecule has 1 amide bonds. The van der Waals surface area contributed by atoms with Crippen molar-refractivity contribution in [1.82, 2.24) is 10.1 Å². The van der Waals surface area contributed by atoms with Crippen molar-refractivity contribution in [3.05, 3.63) is 54.4 Å². The molecule has 1 aliphatic rings. The van der Waals surface area contributed by atoms with E-state index in [2.05, 4.69) is 20.2 Å². The van der Waals surface area contributed by atoms with Crippen molar-refractivity contribution in [2.75, 3.05) is 16.6 Å². The summed E-state index contributed by atoms with van der Waals surface area (Å²) in [5.41, 5.74) is 6.61. The third-order valence-electron chi connectivity index (χ3n) is 5.89. The number of anilines is 2. The molecule has 0 radical (unpaired) electrons. The number of aromatic nitrogens is 2. The molecular weight excluding hydrogens is 454 g/mol. The molecule has 10 heteroatoms. The molecule has 1 aromatic heterocycles. The summed E-state index contributed by atoms with van der Waals surface area (Å²) < 4.78 is 33.9. The number of nitrogens with one attached hydrogen (secondary N) is 2. The van der Waals surface area contributed by atoms with Gasteiger partial charge in [-0.2, -0.15) is 4.98 Å². The lowest BCUT2D eigenvalue weighted by Crippen LogP contribution is -2.21. The van der Waals surface area contributed by atoms with Crippen LogP contribution in [-0.4, -0.2) is 31.0 Å². The second-order valence-corrected chi connectivity index (χ2v) is 10.5. The lowest BCUT2D eigenvalue weighted by Gasteiger charge is -2.12. The van der Waals surface area contributed by atoms with Gasteiger partial charge in [0.1, 0.15) is 0 Å². The number of carbonyl (C=O) groups excluding carboxylic acids is 1. The highest BCUT2D eigenvalue weighted by molar-refractivity contribution is 7.92. The molecule has 0 bridgehead atoms. The zero-order valence-corrected chi connectivity index (χ0v) is 19.9. The highest BCUT2D eigenvalue weighted by atomic mass is 32.2. The Hall–Kier alpha value is -3.24. The van der Waals surface area contributed by atoms with Crippen molar-refractivity contribution in [2.45, 2.75) is 50.3 Å². The normalized spacial score (nSPS) is 14.5. The van der Waals surface area contributed by atoms with Gasteiger partial charge >= 0.3 is 0 Å². The number of nitrogens with zero attached hydrogens (tertiary/aromatic N) is 2. The van der Waals surface area contributed by atoms with Gasteiger partial charge in [-0.25, -0.2) is 8.42 Å². The maximum absolute atomic E-state index is 13.0. The zero-order chi connectivity index (χ0) is 24.2. The van der Waals surface area contributed by atoms with Crippen LogP contribution in [0.3, 0.4) is 0 Å². The topological polar surface area (TPSA) is 140 Å². The minimum atomic E-state index is -3.88. The Kier molecular flexibility index (Phi) is 6.99. The van der Waals surface area contributed by atoms with Crippen LogP contribution in [0.25, 0.3) is 11.4 Å². The molecule has 34 heavy (non-hydrogen) atoms. The van der Waals surface area contributed by atoms with Gasteiger partial charge in [0, 0.05) is 23.1 Å². The molecule has 1 saturated carbocycles. The molecule has 3 aromatic rings. The fourth-order valence-electron chi connectivity index (χ4n) is 3.44. The molecule has 0 aliphatic heterocycles. The Morgan fingerprint density at radius 2 is 1.85 bits per heavy atom. The predicted molar refractivity (Wildman–Crippen MR) is 130 cm³/mol. The van der Waals surface area contributed by atoms with Crippen molar-refractivity contribution >= 4 is 27.3 Å². The predicted octanol–water partition coefficient (Wildman–Crippen LogP) is 3.95. The molecule has 9 nitrogen and oxygen atoms in total. The van der Waals surface area contributed by atoms with Crippen LogP contribution in [0.2, 0.25) is 0 Å². The molecule has 1 fully saturated rings. The van der Waals surface area contributed by atoms with E-state index in [1.54, 1.807) is 36.4 Å². The molecule has 0 atom stereocenters. The number of hydrogen-bond donors (Lipinski definition) is 3. The minimum Gasteiger partial charge on any atom is -0.339 e. The van der Waals surface area contributed by atoms with Crippen LogP contribution >= 0.6 is 0 Å². The maximum atomic E-state index is 13.0. The van der Waals surface area contributed by atoms with Crippen LogP contribution < -0.4 is 15.8 Å². The van der Waals surface area contributed by atoms with Gasteiger partial charge in [0.05, 0.1) is 10.6 Å². The molecule has 4 rings (SSSR count). The van der Waals surface area contributed by atoms with E-state index in [1.165, 1.54) is 12.1 Å². The van der Waals surface area contributed by atoms with Crippen LogP contribution in [0.4, 0.5) is 11.4 Å². The van der Waals surface area contributed by atoms with Gasteiger partial charge in [-0.1, -0.05) is 36.7 Å². The average Bonchev–Trinajstić information content (AvgIpc) is 3.39. The van der Waals surface area contributed by atoms with E-state index in [0.29, 0.717) is 41.6 Å². The van der Waals surface area contributed by atoms with E-state index in [-0.39, 0.29) is 16.2 Å². The third kappa shape index (κ3) is 5.81. The van der Waals surface area contributed by atoms with E-state index >= 15 is 0 Å². The number of sulfonamides is 1. The summed E-state index contributed by atoms with van der Waals surface area (Å²) >= 11 is 0. The van der Waals surface area contributed by atoms with E-state index in [1.807, 2.05) is 6.92 Å². The summed E-state index contributed by atoms with van der Waals surface area (Å²) in [6.45, 7) is 2.57. The standard InChI is InChI=1S/C24H29N5O4S/c1-24(12-13-24)23(30)26-18-8-6-9-19(16-18)29-34(31,32)20-10-5-7-17(15-20)22-27-21(33-28-22)11-3-2-4-14-25/h5-10,15-16,29H,2-4,11-14,25H2,1H3,(H,26,30). The fraction of sp³-hybridized carbons (Fsp3) is 0.375. The average molecular weight is 484 g/mol. The first-order valence-electron chi connectivity index (χ1n) is 11.4. The molecule has 180 valence electrons. The van der Waals surface area contributed by atoms with Crippen LogP contribution in [0, 0.1) is 5.41 Å². The molecular formula is C24H29N5O4S. The summed E-state index contributed by atoms with van der Waals surface area (Å²) in [5, 5.41) is 6.85. The maximum Gasteiger partial charge on any atom is 0.261 e. The van der Waals surface area contributed by atoms with Crippen molar-refractivity contribution in [1.29, 1.82) is 0 Å². The molecule has 1 heterocycles. The molecule has 0 unspecified atom stereocenters. The van der Waals surface area contributed by atoms with Crippen molar-refractivity contribution in [3.8, 4) is 11.4 Å². The number of aryl methyl sites for hydroxylation is 1. The summed E-state index contributed by atoms with van der Waals surface area (Å²) in [5.74, 6) is 0.792. The SMILES string of the molecule is CC1(C(=O)Nc2cccc(NS(=O)(=O)c3cccc(-c4noc(CCCCCN)n4)c3)c2)CC1. The van der Waals surface area contributed by atoms with Gasteiger partial charge in [-0.15, -0.1) is 0 Å². The van der Waals surface area contributed by atoms with Crippen molar-refractivity contribution < 1.29 is 17.7 Å². The summed E-state index contributed by atoms with van der Waals surface area (Å²) in [6.07, 6.45) is 5.20. The summed E-state index contributed by atoms with van der Waals surface area (Å²) in [7, 11) is -3.88. The van der Waals surface area contributed by atoms with Gasteiger partial charge < -0.3 is 15.6 Å².